The van der Waals surface area contributed by atoms with E-state index in [0.29, 0.717) is 5.69 Å². The molecule has 0 unspecified atom stereocenters. The molecule has 0 saturated heterocycles. The van der Waals surface area contributed by atoms with Crippen LogP contribution in [0.3, 0.4) is 0 Å². The largest absolute Gasteiger partial charge is 0.263 e. The van der Waals surface area contributed by atoms with E-state index in [2.05, 4.69) is 10.2 Å². The zero-order valence-electron chi connectivity index (χ0n) is 9.19. The van der Waals surface area contributed by atoms with Gasteiger partial charge in [0.1, 0.15) is 10.6 Å². The topological polar surface area (TPSA) is 58.9 Å². The second kappa shape index (κ2) is 5.29. The summed E-state index contributed by atoms with van der Waals surface area (Å²) in [5.74, 6) is 0. The lowest BCUT2D eigenvalue weighted by Gasteiger charge is -1.99. The molecule has 0 heterocycles. The minimum Gasteiger partial charge on any atom is -0.207 e. The van der Waals surface area contributed by atoms with Gasteiger partial charge in [0.2, 0.25) is 0 Å². The van der Waals surface area contributed by atoms with E-state index in [0.717, 1.165) is 0 Å². The van der Waals surface area contributed by atoms with Crippen molar-refractivity contribution in [2.24, 2.45) is 10.2 Å². The Hall–Kier alpha value is -1.72. The van der Waals surface area contributed by atoms with Crippen molar-refractivity contribution in [1.29, 1.82) is 0 Å². The predicted molar refractivity (Wildman–Crippen MR) is 70.1 cm³/mol. The van der Waals surface area contributed by atoms with Crippen molar-refractivity contribution in [1.82, 2.24) is 0 Å². The molecule has 2 rings (SSSR count). The minimum absolute atomic E-state index is 0.0497. The van der Waals surface area contributed by atoms with Crippen molar-refractivity contribution in [2.45, 2.75) is 4.90 Å². The highest BCUT2D eigenvalue weighted by atomic mass is 35.7. The molecule has 0 N–H and O–H groups in total. The Kier molecular flexibility index (Phi) is 3.74. The quantitative estimate of drug-likeness (QED) is 0.629. The van der Waals surface area contributed by atoms with Gasteiger partial charge in [-0.25, -0.2) is 8.42 Å². The van der Waals surface area contributed by atoms with Crippen molar-refractivity contribution in [3.8, 4) is 0 Å². The number of benzene rings is 2. The van der Waals surface area contributed by atoms with Crippen LogP contribution in [0.5, 0.6) is 0 Å². The SMILES string of the molecule is O=S(=O)(Cl)c1ccccc1/N=N/c1ccccc1. The molecule has 0 aliphatic heterocycles. The molecule has 2 aromatic carbocycles. The van der Waals surface area contributed by atoms with E-state index in [-0.39, 0.29) is 10.6 Å². The van der Waals surface area contributed by atoms with Gasteiger partial charge in [0.15, 0.2) is 0 Å². The third kappa shape index (κ3) is 3.15. The second-order valence-corrected chi connectivity index (χ2v) is 5.98. The van der Waals surface area contributed by atoms with Gasteiger partial charge in [-0.1, -0.05) is 30.3 Å². The van der Waals surface area contributed by atoms with Crippen LogP contribution in [0.15, 0.2) is 69.7 Å². The van der Waals surface area contributed by atoms with Crippen LogP contribution in [0.25, 0.3) is 0 Å². The molecule has 0 amide bonds. The van der Waals surface area contributed by atoms with E-state index in [1.54, 1.807) is 30.3 Å². The molecule has 92 valence electrons. The normalized spacial score (nSPS) is 11.8. The number of rotatable bonds is 3. The highest BCUT2D eigenvalue weighted by Gasteiger charge is 2.14. The molecule has 0 spiro atoms. The van der Waals surface area contributed by atoms with Gasteiger partial charge < -0.3 is 0 Å². The Balaban J connectivity index is 2.39. The van der Waals surface area contributed by atoms with E-state index in [4.69, 9.17) is 10.7 Å². The summed E-state index contributed by atoms with van der Waals surface area (Å²) in [5, 5.41) is 7.86. The monoisotopic (exact) mass is 280 g/mol. The van der Waals surface area contributed by atoms with Crippen molar-refractivity contribution in [3.05, 3.63) is 54.6 Å². The predicted octanol–water partition coefficient (Wildman–Crippen LogP) is 4.03. The number of halogens is 1. The molecule has 6 heteroatoms. The average Bonchev–Trinajstić information content (AvgIpc) is 2.37. The van der Waals surface area contributed by atoms with E-state index in [9.17, 15) is 8.42 Å². The first-order valence-corrected chi connectivity index (χ1v) is 7.39. The van der Waals surface area contributed by atoms with Gasteiger partial charge in [0.25, 0.3) is 9.05 Å². The first-order chi connectivity index (χ1) is 8.57. The fourth-order valence-electron chi connectivity index (χ4n) is 1.35. The van der Waals surface area contributed by atoms with Crippen molar-refractivity contribution < 1.29 is 8.42 Å². The van der Waals surface area contributed by atoms with Gasteiger partial charge in [-0.15, -0.1) is 5.11 Å². The zero-order chi connectivity index (χ0) is 13.0. The molecule has 0 radical (unpaired) electrons. The summed E-state index contributed by atoms with van der Waals surface area (Å²) in [6, 6.07) is 15.2. The van der Waals surface area contributed by atoms with E-state index < -0.39 is 9.05 Å². The fraction of sp³-hybridized carbons (Fsp3) is 0. The Bertz CT molecular complexity index is 669. The van der Waals surface area contributed by atoms with E-state index in [1.165, 1.54) is 6.07 Å². The van der Waals surface area contributed by atoms with Gasteiger partial charge in [0.05, 0.1) is 5.69 Å². The molecule has 4 nitrogen and oxygen atoms in total. The lowest BCUT2D eigenvalue weighted by Crippen LogP contribution is -1.89. The Morgan fingerprint density at radius 2 is 1.44 bits per heavy atom. The molecular weight excluding hydrogens is 272 g/mol. The van der Waals surface area contributed by atoms with Gasteiger partial charge in [-0.2, -0.15) is 5.11 Å². The summed E-state index contributed by atoms with van der Waals surface area (Å²) >= 11 is 0. The average molecular weight is 281 g/mol. The molecule has 0 saturated carbocycles. The maximum Gasteiger partial charge on any atom is 0.263 e. The fourth-order valence-corrected chi connectivity index (χ4v) is 2.34. The third-order valence-corrected chi connectivity index (χ3v) is 3.53. The van der Waals surface area contributed by atoms with Crippen LogP contribution >= 0.6 is 10.7 Å². The molecule has 0 aromatic heterocycles. The lowest BCUT2D eigenvalue weighted by atomic mass is 10.3. The lowest BCUT2D eigenvalue weighted by molar-refractivity contribution is 0.609. The Morgan fingerprint density at radius 1 is 0.833 bits per heavy atom. The van der Waals surface area contributed by atoms with Crippen LogP contribution in [-0.2, 0) is 9.05 Å². The summed E-state index contributed by atoms with van der Waals surface area (Å²) in [7, 11) is 1.50. The first-order valence-electron chi connectivity index (χ1n) is 5.08. The molecule has 2 aromatic rings. The first kappa shape index (κ1) is 12.7. The summed E-state index contributed by atoms with van der Waals surface area (Å²) in [5.41, 5.74) is 0.857. The highest BCUT2D eigenvalue weighted by Crippen LogP contribution is 2.28. The second-order valence-electron chi connectivity index (χ2n) is 3.44. The minimum atomic E-state index is -3.82. The smallest absolute Gasteiger partial charge is 0.207 e. The highest BCUT2D eigenvalue weighted by molar-refractivity contribution is 8.13. The molecule has 0 fully saturated rings. The van der Waals surface area contributed by atoms with Crippen LogP contribution in [0, 0.1) is 0 Å². The molecule has 0 aliphatic rings. The molecule has 0 bridgehead atoms. The summed E-state index contributed by atoms with van der Waals surface area (Å²) in [4.78, 5) is -0.0497. The number of hydrogen-bond acceptors (Lipinski definition) is 4. The number of nitrogens with zero attached hydrogens (tertiary/aromatic N) is 2. The van der Waals surface area contributed by atoms with Gasteiger partial charge in [-0.3, -0.25) is 0 Å². The third-order valence-electron chi connectivity index (χ3n) is 2.16. The van der Waals surface area contributed by atoms with Crippen molar-refractivity contribution in [2.75, 3.05) is 0 Å². The van der Waals surface area contributed by atoms with Crippen LogP contribution in [0.2, 0.25) is 0 Å². The molecule has 18 heavy (non-hydrogen) atoms. The zero-order valence-corrected chi connectivity index (χ0v) is 10.8. The van der Waals surface area contributed by atoms with Crippen LogP contribution in [-0.4, -0.2) is 8.42 Å². The maximum atomic E-state index is 11.3. The van der Waals surface area contributed by atoms with Gasteiger partial charge >= 0.3 is 0 Å². The Labute approximate surface area is 109 Å². The summed E-state index contributed by atoms with van der Waals surface area (Å²) in [6.45, 7) is 0. The maximum absolute atomic E-state index is 11.3. The van der Waals surface area contributed by atoms with Gasteiger partial charge in [0, 0.05) is 10.7 Å². The van der Waals surface area contributed by atoms with E-state index >= 15 is 0 Å². The van der Waals surface area contributed by atoms with Crippen LogP contribution in [0.4, 0.5) is 11.4 Å². The molecule has 0 atom stereocenters. The van der Waals surface area contributed by atoms with E-state index in [1.807, 2.05) is 18.2 Å². The van der Waals surface area contributed by atoms with Crippen molar-refractivity contribution >= 4 is 31.1 Å². The van der Waals surface area contributed by atoms with Crippen molar-refractivity contribution in [3.63, 3.8) is 0 Å². The summed E-state index contributed by atoms with van der Waals surface area (Å²) < 4.78 is 22.7. The van der Waals surface area contributed by atoms with Crippen LogP contribution < -0.4 is 0 Å². The molecular formula is C12H9ClN2O2S. The number of hydrogen-bond donors (Lipinski definition) is 0. The number of azo groups is 1. The molecule has 0 aliphatic carbocycles. The Morgan fingerprint density at radius 3 is 2.11 bits per heavy atom. The summed E-state index contributed by atoms with van der Waals surface area (Å²) in [6.07, 6.45) is 0. The standard InChI is InChI=1S/C12H9ClN2O2S/c13-18(16,17)12-9-5-4-8-11(12)15-14-10-6-2-1-3-7-10/h1-9H/b15-14+. The van der Waals surface area contributed by atoms with Crippen LogP contribution in [0.1, 0.15) is 0 Å². The van der Waals surface area contributed by atoms with Gasteiger partial charge in [-0.05, 0) is 24.3 Å².